The topological polar surface area (TPSA) is 18.5 Å². The zero-order valence-corrected chi connectivity index (χ0v) is 14.3. The summed E-state index contributed by atoms with van der Waals surface area (Å²) in [4.78, 5) is 4.92. The Labute approximate surface area is 141 Å². The monoisotopic (exact) mass is 311 g/mol. The van der Waals surface area contributed by atoms with E-state index in [4.69, 9.17) is 6.42 Å². The SMILES string of the molecule is C#CCN1CCC(NC2CCN(c3cccc(C)c3)CC2)CC1. The average Bonchev–Trinajstić information content (AvgIpc) is 2.58. The van der Waals surface area contributed by atoms with Crippen molar-refractivity contribution in [3.8, 4) is 12.3 Å². The predicted octanol–water partition coefficient (Wildman–Crippen LogP) is 2.65. The van der Waals surface area contributed by atoms with Crippen LogP contribution in [0.4, 0.5) is 5.69 Å². The van der Waals surface area contributed by atoms with Crippen LogP contribution in [-0.4, -0.2) is 49.7 Å². The second kappa shape index (κ2) is 7.86. The van der Waals surface area contributed by atoms with Crippen LogP contribution in [0.1, 0.15) is 31.2 Å². The number of benzene rings is 1. The van der Waals surface area contributed by atoms with Crippen molar-refractivity contribution in [2.24, 2.45) is 0 Å². The maximum atomic E-state index is 5.40. The van der Waals surface area contributed by atoms with Crippen LogP contribution in [0.25, 0.3) is 0 Å². The van der Waals surface area contributed by atoms with Gasteiger partial charge in [-0.1, -0.05) is 18.1 Å². The number of likely N-dealkylation sites (tertiary alicyclic amines) is 1. The summed E-state index contributed by atoms with van der Waals surface area (Å²) < 4.78 is 0. The number of aryl methyl sites for hydroxylation is 1. The lowest BCUT2D eigenvalue weighted by Crippen LogP contribution is -2.50. The van der Waals surface area contributed by atoms with Crippen molar-refractivity contribution in [2.45, 2.75) is 44.7 Å². The lowest BCUT2D eigenvalue weighted by molar-refractivity contribution is 0.203. The molecule has 0 spiro atoms. The minimum Gasteiger partial charge on any atom is -0.371 e. The van der Waals surface area contributed by atoms with E-state index in [1.165, 1.54) is 36.9 Å². The van der Waals surface area contributed by atoms with Crippen LogP contribution < -0.4 is 10.2 Å². The van der Waals surface area contributed by atoms with E-state index in [1.54, 1.807) is 0 Å². The molecule has 0 unspecified atom stereocenters. The first-order valence-electron chi connectivity index (χ1n) is 8.98. The van der Waals surface area contributed by atoms with Crippen LogP contribution in [-0.2, 0) is 0 Å². The molecule has 2 aliphatic heterocycles. The van der Waals surface area contributed by atoms with E-state index in [-0.39, 0.29) is 0 Å². The van der Waals surface area contributed by atoms with E-state index in [9.17, 15) is 0 Å². The van der Waals surface area contributed by atoms with Gasteiger partial charge in [0.15, 0.2) is 0 Å². The van der Waals surface area contributed by atoms with Gasteiger partial charge in [-0.2, -0.15) is 0 Å². The largest absolute Gasteiger partial charge is 0.371 e. The Kier molecular flexibility index (Phi) is 5.59. The summed E-state index contributed by atoms with van der Waals surface area (Å²) in [6, 6.07) is 10.2. The summed E-state index contributed by atoms with van der Waals surface area (Å²) >= 11 is 0. The predicted molar refractivity (Wildman–Crippen MR) is 97.8 cm³/mol. The smallest absolute Gasteiger partial charge is 0.0598 e. The third kappa shape index (κ3) is 4.50. The van der Waals surface area contributed by atoms with E-state index in [1.807, 2.05) is 0 Å². The fourth-order valence-corrected chi connectivity index (χ4v) is 3.85. The number of nitrogens with one attached hydrogen (secondary N) is 1. The molecule has 3 rings (SSSR count). The van der Waals surface area contributed by atoms with Crippen molar-refractivity contribution in [2.75, 3.05) is 37.6 Å². The van der Waals surface area contributed by atoms with Gasteiger partial charge in [-0.25, -0.2) is 0 Å². The molecule has 1 aromatic rings. The van der Waals surface area contributed by atoms with E-state index >= 15 is 0 Å². The number of hydrogen-bond acceptors (Lipinski definition) is 3. The Morgan fingerprint density at radius 2 is 1.74 bits per heavy atom. The highest BCUT2D eigenvalue weighted by molar-refractivity contribution is 5.48. The molecule has 0 atom stereocenters. The molecule has 23 heavy (non-hydrogen) atoms. The van der Waals surface area contributed by atoms with Gasteiger partial charge in [-0.15, -0.1) is 6.42 Å². The van der Waals surface area contributed by atoms with Gasteiger partial charge in [0.1, 0.15) is 0 Å². The van der Waals surface area contributed by atoms with E-state index in [0.717, 1.165) is 32.7 Å². The molecule has 0 amide bonds. The molecule has 2 saturated heterocycles. The second-order valence-electron chi connectivity index (χ2n) is 7.02. The molecule has 0 radical (unpaired) electrons. The minimum absolute atomic E-state index is 0.680. The Morgan fingerprint density at radius 1 is 1.09 bits per heavy atom. The average molecular weight is 311 g/mol. The van der Waals surface area contributed by atoms with Crippen molar-refractivity contribution < 1.29 is 0 Å². The molecule has 3 heteroatoms. The zero-order valence-electron chi connectivity index (χ0n) is 14.3. The standard InChI is InChI=1S/C20H29N3/c1-3-11-22-12-7-18(8-13-22)21-19-9-14-23(15-10-19)20-6-4-5-17(2)16-20/h1,4-6,16,18-19,21H,7-15H2,2H3. The molecule has 3 nitrogen and oxygen atoms in total. The first kappa shape index (κ1) is 16.4. The first-order valence-corrected chi connectivity index (χ1v) is 8.98. The van der Waals surface area contributed by atoms with Gasteiger partial charge in [0.05, 0.1) is 6.54 Å². The van der Waals surface area contributed by atoms with Crippen LogP contribution in [0.5, 0.6) is 0 Å². The van der Waals surface area contributed by atoms with Crippen LogP contribution in [0.2, 0.25) is 0 Å². The number of piperidine rings is 2. The van der Waals surface area contributed by atoms with Crippen LogP contribution in [0.3, 0.4) is 0 Å². The molecule has 2 fully saturated rings. The fraction of sp³-hybridized carbons (Fsp3) is 0.600. The summed E-state index contributed by atoms with van der Waals surface area (Å²) in [6.07, 6.45) is 10.4. The second-order valence-corrected chi connectivity index (χ2v) is 7.02. The number of hydrogen-bond donors (Lipinski definition) is 1. The van der Waals surface area contributed by atoms with Crippen LogP contribution >= 0.6 is 0 Å². The van der Waals surface area contributed by atoms with Crippen molar-refractivity contribution in [1.29, 1.82) is 0 Å². The Bertz CT molecular complexity index is 532. The molecule has 2 heterocycles. The molecule has 0 bridgehead atoms. The third-order valence-electron chi connectivity index (χ3n) is 5.24. The quantitative estimate of drug-likeness (QED) is 0.863. The van der Waals surface area contributed by atoms with Gasteiger partial charge in [-0.05, 0) is 50.3 Å². The molecule has 124 valence electrons. The number of anilines is 1. The molecule has 0 saturated carbocycles. The van der Waals surface area contributed by atoms with Crippen LogP contribution in [0.15, 0.2) is 24.3 Å². The summed E-state index contributed by atoms with van der Waals surface area (Å²) in [5.41, 5.74) is 2.73. The molecular weight excluding hydrogens is 282 g/mol. The highest BCUT2D eigenvalue weighted by atomic mass is 15.2. The van der Waals surface area contributed by atoms with Crippen molar-refractivity contribution in [3.63, 3.8) is 0 Å². The molecule has 2 aliphatic rings. The van der Waals surface area contributed by atoms with Gasteiger partial charge >= 0.3 is 0 Å². The highest BCUT2D eigenvalue weighted by Gasteiger charge is 2.24. The van der Waals surface area contributed by atoms with Gasteiger partial charge in [0, 0.05) is 44.0 Å². The summed E-state index contributed by atoms with van der Waals surface area (Å²) in [5, 5.41) is 3.90. The Hall–Kier alpha value is -1.50. The molecule has 0 aromatic heterocycles. The number of rotatable bonds is 4. The van der Waals surface area contributed by atoms with E-state index < -0.39 is 0 Å². The van der Waals surface area contributed by atoms with Gasteiger partial charge in [0.25, 0.3) is 0 Å². The summed E-state index contributed by atoms with van der Waals surface area (Å²) in [7, 11) is 0. The first-order chi connectivity index (χ1) is 11.2. The van der Waals surface area contributed by atoms with Crippen LogP contribution in [0, 0.1) is 19.3 Å². The summed E-state index contributed by atoms with van der Waals surface area (Å²) in [6.45, 7) is 7.59. The fourth-order valence-electron chi connectivity index (χ4n) is 3.85. The number of terminal acetylenes is 1. The number of nitrogens with zero attached hydrogens (tertiary/aromatic N) is 2. The van der Waals surface area contributed by atoms with E-state index in [0.29, 0.717) is 12.1 Å². The third-order valence-corrected chi connectivity index (χ3v) is 5.24. The molecule has 1 N–H and O–H groups in total. The maximum absolute atomic E-state index is 5.40. The zero-order chi connectivity index (χ0) is 16.1. The van der Waals surface area contributed by atoms with Gasteiger partial charge in [0.2, 0.25) is 0 Å². The highest BCUT2D eigenvalue weighted by Crippen LogP contribution is 2.22. The molecular formula is C20H29N3. The van der Waals surface area contributed by atoms with Gasteiger partial charge in [-0.3, -0.25) is 4.90 Å². The van der Waals surface area contributed by atoms with Crippen molar-refractivity contribution >= 4 is 5.69 Å². The lowest BCUT2D eigenvalue weighted by Gasteiger charge is -2.38. The normalized spacial score (nSPS) is 21.3. The Morgan fingerprint density at radius 3 is 2.35 bits per heavy atom. The maximum Gasteiger partial charge on any atom is 0.0598 e. The molecule has 0 aliphatic carbocycles. The minimum atomic E-state index is 0.680. The Balaban J connectivity index is 1.42. The summed E-state index contributed by atoms with van der Waals surface area (Å²) in [5.74, 6) is 2.76. The van der Waals surface area contributed by atoms with E-state index in [2.05, 4.69) is 52.2 Å². The molecule has 1 aromatic carbocycles. The van der Waals surface area contributed by atoms with Crippen molar-refractivity contribution in [3.05, 3.63) is 29.8 Å². The van der Waals surface area contributed by atoms with Gasteiger partial charge < -0.3 is 10.2 Å². The van der Waals surface area contributed by atoms with Crippen molar-refractivity contribution in [1.82, 2.24) is 10.2 Å². The lowest BCUT2D eigenvalue weighted by atomic mass is 9.99.